The summed E-state index contributed by atoms with van der Waals surface area (Å²) in [4.78, 5) is 26.0. The van der Waals surface area contributed by atoms with Gasteiger partial charge < -0.3 is 20.0 Å². The lowest BCUT2D eigenvalue weighted by Crippen LogP contribution is -2.34. The number of para-hydroxylation sites is 1. The van der Waals surface area contributed by atoms with Crippen LogP contribution in [0.15, 0.2) is 115 Å². The molecule has 2 fully saturated rings. The number of benzene rings is 4. The van der Waals surface area contributed by atoms with Crippen molar-refractivity contribution in [1.29, 1.82) is 0 Å². The van der Waals surface area contributed by atoms with Gasteiger partial charge in [0.1, 0.15) is 0 Å². The molecule has 58 heavy (non-hydrogen) atoms. The fourth-order valence-electron chi connectivity index (χ4n) is 6.35. The van der Waals surface area contributed by atoms with E-state index in [0.717, 1.165) is 76.1 Å². The van der Waals surface area contributed by atoms with E-state index in [0.29, 0.717) is 24.7 Å². The number of hydrogen-bond donors (Lipinski definition) is 2. The molecule has 0 aromatic heterocycles. The van der Waals surface area contributed by atoms with Crippen molar-refractivity contribution in [3.63, 3.8) is 0 Å². The van der Waals surface area contributed by atoms with E-state index >= 15 is 0 Å². The molecule has 0 aliphatic carbocycles. The molecule has 6 nitrogen and oxygen atoms in total. The summed E-state index contributed by atoms with van der Waals surface area (Å²) in [6, 6.07) is 31.8. The highest BCUT2D eigenvalue weighted by molar-refractivity contribution is 5.67. The second kappa shape index (κ2) is 24.0. The molecule has 0 saturated carbocycles. The number of anilines is 2. The number of alkyl halides is 6. The molecule has 0 bridgehead atoms. The molecule has 0 amide bonds. The van der Waals surface area contributed by atoms with Gasteiger partial charge in [-0.15, -0.1) is 0 Å². The first-order valence-corrected chi connectivity index (χ1v) is 19.7. The predicted octanol–water partition coefficient (Wildman–Crippen LogP) is 12.5. The van der Waals surface area contributed by atoms with Crippen molar-refractivity contribution in [2.24, 2.45) is 11.8 Å². The molecule has 6 rings (SSSR count). The molecule has 2 aliphatic heterocycles. The van der Waals surface area contributed by atoms with Crippen LogP contribution < -0.4 is 9.80 Å². The quantitative estimate of drug-likeness (QED) is 0.189. The van der Waals surface area contributed by atoms with Crippen molar-refractivity contribution in [1.82, 2.24) is 0 Å². The Kier molecular flexibility index (Phi) is 20.4. The summed E-state index contributed by atoms with van der Waals surface area (Å²) < 4.78 is 70.7. The van der Waals surface area contributed by atoms with E-state index in [4.69, 9.17) is 10.2 Å². The van der Waals surface area contributed by atoms with Gasteiger partial charge in [-0.05, 0) is 72.8 Å². The molecule has 4 aromatic carbocycles. The van der Waals surface area contributed by atoms with Crippen molar-refractivity contribution >= 4 is 23.3 Å². The van der Waals surface area contributed by atoms with Crippen LogP contribution in [0.4, 0.5) is 37.7 Å². The summed E-state index contributed by atoms with van der Waals surface area (Å²) in [5, 5.41) is 17.6. The van der Waals surface area contributed by atoms with Crippen molar-refractivity contribution in [2.45, 2.75) is 90.9 Å². The Morgan fingerprint density at radius 3 is 1.05 bits per heavy atom. The topological polar surface area (TPSA) is 81.1 Å². The monoisotopic (exact) mass is 816 g/mol. The number of aliphatic carboxylic acids is 2. The molecular formula is C46H58F6N2O4. The van der Waals surface area contributed by atoms with Crippen LogP contribution >= 0.6 is 0 Å². The smallest absolute Gasteiger partial charge is 0.416 e. The van der Waals surface area contributed by atoms with Crippen LogP contribution in [0.2, 0.25) is 0 Å². The maximum atomic E-state index is 11.8. The second-order valence-corrected chi connectivity index (χ2v) is 14.9. The van der Waals surface area contributed by atoms with E-state index in [2.05, 4.69) is 67.0 Å². The van der Waals surface area contributed by atoms with Crippen LogP contribution in [-0.4, -0.2) is 48.3 Å². The Hall–Kier alpha value is -5.00. The highest BCUT2D eigenvalue weighted by Gasteiger charge is 2.30. The Labute approximate surface area is 339 Å². The maximum absolute atomic E-state index is 11.8. The number of carboxylic acids is 2. The molecule has 12 heteroatoms. The molecule has 2 aliphatic rings. The first kappa shape index (κ1) is 49.1. The van der Waals surface area contributed by atoms with Crippen molar-refractivity contribution in [3.8, 4) is 0 Å². The summed E-state index contributed by atoms with van der Waals surface area (Å²) >= 11 is 0. The first-order valence-electron chi connectivity index (χ1n) is 19.7. The average Bonchev–Trinajstić information content (AvgIpc) is 3.20. The van der Waals surface area contributed by atoms with Crippen LogP contribution in [-0.2, 0) is 27.4 Å². The minimum absolute atomic E-state index is 0.188. The third-order valence-electron chi connectivity index (χ3n) is 9.58. The number of nitrogens with zero attached hydrogens (tertiary/aromatic N) is 2. The molecule has 0 radical (unpaired) electrons. The molecule has 2 heterocycles. The van der Waals surface area contributed by atoms with Gasteiger partial charge in [-0.25, -0.2) is 0 Å². The molecule has 0 atom stereocenters. The van der Waals surface area contributed by atoms with Gasteiger partial charge in [0.25, 0.3) is 0 Å². The second-order valence-electron chi connectivity index (χ2n) is 14.9. The fourth-order valence-corrected chi connectivity index (χ4v) is 6.35. The Bertz CT molecular complexity index is 1660. The highest BCUT2D eigenvalue weighted by atomic mass is 19.4. The molecule has 2 N–H and O–H groups in total. The van der Waals surface area contributed by atoms with E-state index in [1.54, 1.807) is 12.1 Å². The zero-order chi connectivity index (χ0) is 43.4. The SMILES string of the molecule is CC.CC(C)(C)c1ccc(N2CCC(CC(=O)O)CC2)cc1.FC(F)(F)c1ccccc1.FC(F)(F)c1ccccc1.O=C(O)CC1CCN(c2ccccc2)CC1. The number of halogens is 6. The van der Waals surface area contributed by atoms with Gasteiger partial charge in [-0.1, -0.05) is 126 Å². The standard InChI is InChI=1S/C17H25NO2.C13H17NO2.2C7H5F3.C2H6/c1-17(2,3)14-4-6-15(7-5-14)18-10-8-13(9-11-18)12-16(19)20;15-13(16)10-11-6-8-14(9-7-11)12-4-2-1-3-5-12;2*8-7(9,10)6-4-2-1-3-5-6;1-2/h4-7,13H,8-12H2,1-3H3,(H,19,20);1-5,11H,6-10H2,(H,15,16);2*1-5H;1-2H3. The zero-order valence-corrected chi connectivity index (χ0v) is 34.1. The van der Waals surface area contributed by atoms with Gasteiger partial charge in [0, 0.05) is 50.4 Å². The van der Waals surface area contributed by atoms with Gasteiger partial charge in [0.15, 0.2) is 0 Å². The molecule has 4 aromatic rings. The van der Waals surface area contributed by atoms with Crippen LogP contribution in [0.25, 0.3) is 0 Å². The molecule has 0 spiro atoms. The van der Waals surface area contributed by atoms with Crippen molar-refractivity contribution < 1.29 is 46.1 Å². The minimum atomic E-state index is -4.21. The van der Waals surface area contributed by atoms with Gasteiger partial charge >= 0.3 is 24.3 Å². The number of carboxylic acid groups (broad SMARTS) is 2. The summed E-state index contributed by atoms with van der Waals surface area (Å²) in [5.41, 5.74) is 2.84. The predicted molar refractivity (Wildman–Crippen MR) is 220 cm³/mol. The van der Waals surface area contributed by atoms with E-state index in [1.807, 2.05) is 32.0 Å². The molecule has 0 unspecified atom stereocenters. The molecule has 318 valence electrons. The number of piperidine rings is 2. The minimum Gasteiger partial charge on any atom is -0.481 e. The van der Waals surface area contributed by atoms with Crippen LogP contribution in [0.5, 0.6) is 0 Å². The number of rotatable bonds is 6. The van der Waals surface area contributed by atoms with Crippen molar-refractivity contribution in [2.75, 3.05) is 36.0 Å². The summed E-state index contributed by atoms with van der Waals surface area (Å²) in [6.45, 7) is 14.5. The lowest BCUT2D eigenvalue weighted by molar-refractivity contribution is -0.139. The molecular weight excluding hydrogens is 759 g/mol. The number of hydrogen-bond acceptors (Lipinski definition) is 4. The average molecular weight is 817 g/mol. The van der Waals surface area contributed by atoms with Crippen LogP contribution in [0.1, 0.15) is 89.8 Å². The van der Waals surface area contributed by atoms with Gasteiger partial charge in [0.05, 0.1) is 11.1 Å². The normalized spacial score (nSPS) is 14.8. The third-order valence-corrected chi connectivity index (χ3v) is 9.58. The van der Waals surface area contributed by atoms with E-state index in [-0.39, 0.29) is 5.41 Å². The van der Waals surface area contributed by atoms with Crippen LogP contribution in [0.3, 0.4) is 0 Å². The first-order chi connectivity index (χ1) is 27.3. The van der Waals surface area contributed by atoms with Gasteiger partial charge in [-0.2, -0.15) is 26.3 Å². The Morgan fingerprint density at radius 2 is 0.793 bits per heavy atom. The fraction of sp³-hybridized carbons (Fsp3) is 0.435. The summed E-state index contributed by atoms with van der Waals surface area (Å²) in [5.74, 6) is -0.633. The lowest BCUT2D eigenvalue weighted by Gasteiger charge is -2.33. The Balaban J connectivity index is 0.000000274. The largest absolute Gasteiger partial charge is 0.481 e. The maximum Gasteiger partial charge on any atom is 0.416 e. The van der Waals surface area contributed by atoms with Gasteiger partial charge in [-0.3, -0.25) is 9.59 Å². The van der Waals surface area contributed by atoms with E-state index in [1.165, 1.54) is 41.2 Å². The Morgan fingerprint density at radius 1 is 0.500 bits per heavy atom. The summed E-state index contributed by atoms with van der Waals surface area (Å²) in [7, 11) is 0. The van der Waals surface area contributed by atoms with Crippen molar-refractivity contribution in [3.05, 3.63) is 132 Å². The molecule has 2 saturated heterocycles. The zero-order valence-electron chi connectivity index (χ0n) is 34.1. The van der Waals surface area contributed by atoms with Gasteiger partial charge in [0.2, 0.25) is 0 Å². The van der Waals surface area contributed by atoms with E-state index in [9.17, 15) is 35.9 Å². The highest BCUT2D eigenvalue weighted by Crippen LogP contribution is 2.31. The lowest BCUT2D eigenvalue weighted by atomic mass is 9.87. The van der Waals surface area contributed by atoms with E-state index < -0.39 is 35.4 Å². The van der Waals surface area contributed by atoms with Crippen LogP contribution in [0, 0.1) is 11.8 Å². The summed E-state index contributed by atoms with van der Waals surface area (Å²) in [6.07, 6.45) is -3.84. The third kappa shape index (κ3) is 18.5. The number of carbonyl (C=O) groups is 2.